The van der Waals surface area contributed by atoms with E-state index in [2.05, 4.69) is 42.1 Å². The van der Waals surface area contributed by atoms with Crippen LogP contribution in [0.4, 0.5) is 11.4 Å². The van der Waals surface area contributed by atoms with Gasteiger partial charge >= 0.3 is 5.97 Å². The molecule has 2 N–H and O–H groups in total. The molecule has 0 saturated carbocycles. The second-order valence-electron chi connectivity index (χ2n) is 3.78. The van der Waals surface area contributed by atoms with Gasteiger partial charge in [0.15, 0.2) is 0 Å². The van der Waals surface area contributed by atoms with Gasteiger partial charge in [-0.05, 0) is 56.1 Å². The molecule has 2 rings (SSSR count). The van der Waals surface area contributed by atoms with Gasteiger partial charge < -0.3 is 10.2 Å². The van der Waals surface area contributed by atoms with Gasteiger partial charge in [0.2, 0.25) is 0 Å². The molecule has 102 valence electrons. The lowest BCUT2D eigenvalue weighted by Gasteiger charge is -2.02. The topological polar surface area (TPSA) is 82.2 Å². The van der Waals surface area contributed by atoms with Gasteiger partial charge in [-0.15, -0.1) is 5.11 Å². The van der Waals surface area contributed by atoms with Crippen molar-refractivity contribution in [3.8, 4) is 5.75 Å². The third-order valence-corrected chi connectivity index (χ3v) is 3.62. The Labute approximate surface area is 131 Å². The van der Waals surface area contributed by atoms with Crippen LogP contribution in [0.25, 0.3) is 0 Å². The Kier molecular flexibility index (Phi) is 4.51. The number of aromatic carboxylic acids is 1. The number of carboxylic acid groups (broad SMARTS) is 1. The number of carboxylic acids is 1. The lowest BCUT2D eigenvalue weighted by molar-refractivity contribution is 0.0697. The van der Waals surface area contributed by atoms with E-state index in [0.29, 0.717) is 14.6 Å². The Morgan fingerprint density at radius 1 is 1.05 bits per heavy atom. The molecule has 0 aliphatic heterocycles. The summed E-state index contributed by atoms with van der Waals surface area (Å²) in [7, 11) is 0. The summed E-state index contributed by atoms with van der Waals surface area (Å²) >= 11 is 6.37. The maximum atomic E-state index is 11.0. The number of carbonyl (C=O) groups is 1. The third-order valence-electron chi connectivity index (χ3n) is 2.41. The van der Waals surface area contributed by atoms with Crippen molar-refractivity contribution in [1.29, 1.82) is 0 Å². The second-order valence-corrected chi connectivity index (χ2v) is 5.49. The Morgan fingerprint density at radius 3 is 2.25 bits per heavy atom. The highest BCUT2D eigenvalue weighted by atomic mass is 79.9. The molecule has 0 amide bonds. The summed E-state index contributed by atoms with van der Waals surface area (Å²) in [5.41, 5.74) is 0.815. The predicted molar refractivity (Wildman–Crippen MR) is 81.1 cm³/mol. The molecule has 0 atom stereocenters. The SMILES string of the molecule is O=C(O)c1ccccc1N=Nc1cc(Br)c(O)c(Br)c1. The van der Waals surface area contributed by atoms with E-state index in [1.807, 2.05) is 0 Å². The molecule has 0 aliphatic rings. The fourth-order valence-corrected chi connectivity index (χ4v) is 2.63. The van der Waals surface area contributed by atoms with E-state index in [9.17, 15) is 9.90 Å². The van der Waals surface area contributed by atoms with Crippen LogP contribution in [0.3, 0.4) is 0 Å². The van der Waals surface area contributed by atoms with Gasteiger partial charge in [0.1, 0.15) is 11.4 Å². The molecule has 0 bridgehead atoms. The number of nitrogens with zero attached hydrogens (tertiary/aromatic N) is 2. The lowest BCUT2D eigenvalue weighted by Crippen LogP contribution is -1.95. The van der Waals surface area contributed by atoms with Crippen LogP contribution in [0, 0.1) is 0 Å². The zero-order chi connectivity index (χ0) is 14.7. The molecule has 0 spiro atoms. The fraction of sp³-hybridized carbons (Fsp3) is 0. The van der Waals surface area contributed by atoms with E-state index in [1.165, 1.54) is 6.07 Å². The molecule has 5 nitrogen and oxygen atoms in total. The van der Waals surface area contributed by atoms with Crippen molar-refractivity contribution >= 4 is 49.2 Å². The van der Waals surface area contributed by atoms with Crippen molar-refractivity contribution in [2.45, 2.75) is 0 Å². The van der Waals surface area contributed by atoms with Gasteiger partial charge in [0.25, 0.3) is 0 Å². The zero-order valence-corrected chi connectivity index (χ0v) is 13.1. The van der Waals surface area contributed by atoms with Crippen LogP contribution in [0.5, 0.6) is 5.75 Å². The second kappa shape index (κ2) is 6.15. The average Bonchev–Trinajstić information content (AvgIpc) is 2.42. The number of benzene rings is 2. The maximum absolute atomic E-state index is 11.0. The summed E-state index contributed by atoms with van der Waals surface area (Å²) in [6.45, 7) is 0. The van der Waals surface area contributed by atoms with Crippen LogP contribution < -0.4 is 0 Å². The lowest BCUT2D eigenvalue weighted by atomic mass is 10.2. The average molecular weight is 400 g/mol. The molecular weight excluding hydrogens is 392 g/mol. The summed E-state index contributed by atoms with van der Waals surface area (Å²) < 4.78 is 0.930. The number of aromatic hydroxyl groups is 1. The van der Waals surface area contributed by atoms with E-state index in [-0.39, 0.29) is 17.0 Å². The van der Waals surface area contributed by atoms with Crippen molar-refractivity contribution in [3.05, 3.63) is 50.9 Å². The van der Waals surface area contributed by atoms with Crippen LogP contribution >= 0.6 is 31.9 Å². The Hall–Kier alpha value is -1.73. The zero-order valence-electron chi connectivity index (χ0n) is 9.92. The van der Waals surface area contributed by atoms with Crippen LogP contribution in [0.1, 0.15) is 10.4 Å². The van der Waals surface area contributed by atoms with Gasteiger partial charge in [-0.25, -0.2) is 4.79 Å². The number of phenolic OH excluding ortho intramolecular Hbond substituents is 1. The highest BCUT2D eigenvalue weighted by Crippen LogP contribution is 2.36. The molecule has 7 heteroatoms. The number of rotatable bonds is 3. The minimum Gasteiger partial charge on any atom is -0.506 e. The number of phenols is 1. The van der Waals surface area contributed by atoms with Gasteiger partial charge in [-0.2, -0.15) is 5.11 Å². The van der Waals surface area contributed by atoms with Crippen molar-refractivity contribution in [2.75, 3.05) is 0 Å². The highest BCUT2D eigenvalue weighted by Gasteiger charge is 2.09. The minimum absolute atomic E-state index is 0.0647. The molecule has 0 aliphatic carbocycles. The van der Waals surface area contributed by atoms with Crippen LogP contribution in [0.15, 0.2) is 55.6 Å². The minimum atomic E-state index is -1.06. The monoisotopic (exact) mass is 398 g/mol. The van der Waals surface area contributed by atoms with E-state index in [0.717, 1.165) is 0 Å². The van der Waals surface area contributed by atoms with Crippen molar-refractivity contribution in [2.24, 2.45) is 10.2 Å². The Balaban J connectivity index is 2.37. The van der Waals surface area contributed by atoms with E-state index < -0.39 is 5.97 Å². The number of hydrogen-bond acceptors (Lipinski definition) is 4. The number of halogens is 2. The first kappa shape index (κ1) is 14.7. The van der Waals surface area contributed by atoms with Crippen molar-refractivity contribution in [3.63, 3.8) is 0 Å². The maximum Gasteiger partial charge on any atom is 0.337 e. The summed E-state index contributed by atoms with van der Waals surface area (Å²) in [5, 5.41) is 26.5. The van der Waals surface area contributed by atoms with Crippen LogP contribution in [-0.4, -0.2) is 16.2 Å². The molecule has 0 aromatic heterocycles. The molecule has 0 radical (unpaired) electrons. The molecule has 20 heavy (non-hydrogen) atoms. The highest BCUT2D eigenvalue weighted by molar-refractivity contribution is 9.11. The molecular formula is C13H8Br2N2O3. The predicted octanol–water partition coefficient (Wildman–Crippen LogP) is 5.03. The van der Waals surface area contributed by atoms with Gasteiger partial charge in [-0.3, -0.25) is 0 Å². The third kappa shape index (κ3) is 3.23. The van der Waals surface area contributed by atoms with Crippen molar-refractivity contribution < 1.29 is 15.0 Å². The summed E-state index contributed by atoms with van der Waals surface area (Å²) in [6, 6.07) is 9.48. The quantitative estimate of drug-likeness (QED) is 0.710. The first-order chi connectivity index (χ1) is 9.49. The first-order valence-corrected chi connectivity index (χ1v) is 6.99. The number of hydrogen-bond donors (Lipinski definition) is 2. The fourth-order valence-electron chi connectivity index (χ4n) is 1.46. The van der Waals surface area contributed by atoms with Gasteiger partial charge in [0, 0.05) is 0 Å². The Bertz CT molecular complexity index is 679. The molecule has 0 heterocycles. The first-order valence-electron chi connectivity index (χ1n) is 5.41. The standard InChI is InChI=1S/C13H8Br2N2O3/c14-9-5-7(6-10(15)12(9)18)16-17-11-4-2-1-3-8(11)13(19)20/h1-6,18H,(H,19,20). The molecule has 0 saturated heterocycles. The summed E-state index contributed by atoms with van der Waals surface area (Å²) in [6.07, 6.45) is 0. The van der Waals surface area contributed by atoms with Crippen LogP contribution in [0.2, 0.25) is 0 Å². The largest absolute Gasteiger partial charge is 0.506 e. The van der Waals surface area contributed by atoms with Crippen LogP contribution in [-0.2, 0) is 0 Å². The molecule has 2 aromatic carbocycles. The van der Waals surface area contributed by atoms with Crippen molar-refractivity contribution in [1.82, 2.24) is 0 Å². The smallest absolute Gasteiger partial charge is 0.337 e. The Morgan fingerprint density at radius 2 is 1.65 bits per heavy atom. The molecule has 0 unspecified atom stereocenters. The summed E-state index contributed by atoms with van der Waals surface area (Å²) in [5.74, 6) is -0.998. The van der Waals surface area contributed by atoms with E-state index >= 15 is 0 Å². The number of azo groups is 1. The van der Waals surface area contributed by atoms with E-state index in [1.54, 1.807) is 30.3 Å². The summed E-state index contributed by atoms with van der Waals surface area (Å²) in [4.78, 5) is 11.0. The van der Waals surface area contributed by atoms with E-state index in [4.69, 9.17) is 5.11 Å². The van der Waals surface area contributed by atoms with Gasteiger partial charge in [0.05, 0.1) is 20.2 Å². The molecule has 2 aromatic rings. The van der Waals surface area contributed by atoms with Gasteiger partial charge in [-0.1, -0.05) is 12.1 Å². The normalized spacial score (nSPS) is 10.9. The molecule has 0 fully saturated rings.